The van der Waals surface area contributed by atoms with Crippen LogP contribution in [0.1, 0.15) is 34.1 Å². The zero-order valence-corrected chi connectivity index (χ0v) is 24.7. The Labute approximate surface area is 241 Å². The average molecular weight is 590 g/mol. The molecule has 0 aliphatic carbocycles. The van der Waals surface area contributed by atoms with Crippen molar-refractivity contribution >= 4 is 26.8 Å². The first kappa shape index (κ1) is 32.1. The van der Waals surface area contributed by atoms with Gasteiger partial charge in [-0.2, -0.15) is 0 Å². The lowest BCUT2D eigenvalue weighted by molar-refractivity contribution is -0.149. The second-order valence-corrected chi connectivity index (χ2v) is 11.0. The van der Waals surface area contributed by atoms with Crippen LogP contribution in [0.3, 0.4) is 0 Å². The monoisotopic (exact) mass is 589 g/mol. The number of rotatable bonds is 13. The molecule has 2 aromatic carbocycles. The van der Waals surface area contributed by atoms with E-state index in [9.17, 15) is 18.8 Å². The summed E-state index contributed by atoms with van der Waals surface area (Å²) in [6.45, 7) is 7.27. The second kappa shape index (κ2) is 15.6. The fraction of sp³-hybridized carbons (Fsp3) is 0.414. The minimum Gasteiger partial charge on any atom is -0.462 e. The molecule has 2 aromatic rings. The van der Waals surface area contributed by atoms with Crippen LogP contribution in [0, 0.1) is 11.7 Å². The summed E-state index contributed by atoms with van der Waals surface area (Å²) in [6, 6.07) is 12.3. The summed E-state index contributed by atoms with van der Waals surface area (Å²) in [4.78, 5) is 37.0. The highest BCUT2D eigenvalue weighted by Gasteiger charge is 2.38. The van der Waals surface area contributed by atoms with Crippen molar-refractivity contribution in [3.8, 4) is 16.9 Å². The maximum absolute atomic E-state index is 13.3. The van der Waals surface area contributed by atoms with Crippen molar-refractivity contribution < 1.29 is 37.3 Å². The minimum absolute atomic E-state index is 0.0451. The van der Waals surface area contributed by atoms with Gasteiger partial charge in [-0.3, -0.25) is 14.5 Å². The molecule has 0 radical (unpaired) electrons. The van der Waals surface area contributed by atoms with Crippen molar-refractivity contribution in [3.63, 3.8) is 0 Å². The van der Waals surface area contributed by atoms with Gasteiger partial charge >= 0.3 is 20.5 Å². The van der Waals surface area contributed by atoms with Gasteiger partial charge in [-0.05, 0) is 68.7 Å². The first-order valence-corrected chi connectivity index (χ1v) is 14.5. The van der Waals surface area contributed by atoms with Crippen LogP contribution in [0.4, 0.5) is 9.18 Å². The van der Waals surface area contributed by atoms with Gasteiger partial charge in [-0.15, -0.1) is 0 Å². The van der Waals surface area contributed by atoms with Gasteiger partial charge in [0.25, 0.3) is 0 Å². The van der Waals surface area contributed by atoms with Crippen molar-refractivity contribution in [2.24, 2.45) is 5.92 Å². The number of ether oxygens (including phenoxy) is 2. The zero-order chi connectivity index (χ0) is 29.9. The fourth-order valence-corrected chi connectivity index (χ4v) is 5.34. The van der Waals surface area contributed by atoms with Crippen LogP contribution in [0.25, 0.3) is 11.1 Å². The maximum atomic E-state index is 13.3. The number of hydrogen-bond acceptors (Lipinski definition) is 8. The predicted octanol–water partition coefficient (Wildman–Crippen LogP) is 5.15. The number of nitrogens with one attached hydrogen (secondary N) is 2. The molecule has 4 unspecified atom stereocenters. The molecule has 41 heavy (non-hydrogen) atoms. The van der Waals surface area contributed by atoms with Crippen molar-refractivity contribution in [2.75, 3.05) is 13.7 Å². The standard InChI is InChI=1S/C29H37FN3O7P/c1-19(2)38-28(35)21(4)32-41(40-25-13-9-23(10-14-25)22-7-11-24(30)12-8-22)37-18-26-17-20(3)27(39-26)33(15-6-16-34)29(36)31-5/h6-16,19-21,26-27,32H,17-18H2,1-5H3,(H,31,36)/b15-6-/t20?,21-,26?,27?,41?/m0/s1. The van der Waals surface area contributed by atoms with Crippen LogP contribution in [0.15, 0.2) is 60.8 Å². The first-order chi connectivity index (χ1) is 19.6. The third-order valence-electron chi connectivity index (χ3n) is 6.10. The zero-order valence-electron chi connectivity index (χ0n) is 23.8. The summed E-state index contributed by atoms with van der Waals surface area (Å²) in [5.41, 5.74) is 1.74. The molecular formula is C29H37FN3O7P. The molecule has 0 saturated carbocycles. The molecular weight excluding hydrogens is 552 g/mol. The maximum Gasteiger partial charge on any atom is 0.323 e. The number of nitrogens with zero attached hydrogens (tertiary/aromatic N) is 1. The molecule has 12 heteroatoms. The Kier molecular flexibility index (Phi) is 12.2. The number of carbonyl (C=O) groups excluding carboxylic acids is 3. The summed E-state index contributed by atoms with van der Waals surface area (Å²) in [5.74, 6) is -0.294. The van der Waals surface area contributed by atoms with Crippen LogP contribution in [-0.4, -0.2) is 61.3 Å². The SMILES string of the molecule is CNC(=O)N(/C=C\C=O)C1OC(COP(N[C@@H](C)C(=O)OC(C)C)Oc2ccc(-c3ccc(F)cc3)cc2)CC1C. The van der Waals surface area contributed by atoms with Crippen molar-refractivity contribution in [1.82, 2.24) is 15.3 Å². The third kappa shape index (κ3) is 9.60. The van der Waals surface area contributed by atoms with E-state index in [0.29, 0.717) is 18.5 Å². The lowest BCUT2D eigenvalue weighted by Gasteiger charge is -2.28. The van der Waals surface area contributed by atoms with Gasteiger partial charge in [0, 0.05) is 19.2 Å². The Morgan fingerprint density at radius 1 is 1.12 bits per heavy atom. The Hall–Kier alpha value is -3.37. The molecule has 3 rings (SSSR count). The molecule has 222 valence electrons. The van der Waals surface area contributed by atoms with Gasteiger partial charge in [-0.1, -0.05) is 31.2 Å². The van der Waals surface area contributed by atoms with E-state index < -0.39 is 32.8 Å². The third-order valence-corrected chi connectivity index (χ3v) is 7.46. The minimum atomic E-state index is -1.82. The summed E-state index contributed by atoms with van der Waals surface area (Å²) in [5, 5.41) is 5.62. The lowest BCUT2D eigenvalue weighted by Crippen LogP contribution is -2.44. The number of esters is 1. The first-order valence-electron chi connectivity index (χ1n) is 13.3. The Balaban J connectivity index is 1.69. The average Bonchev–Trinajstić information content (AvgIpc) is 3.32. The quantitative estimate of drug-likeness (QED) is 0.143. The smallest absolute Gasteiger partial charge is 0.323 e. The normalized spacial score (nSPS) is 20.0. The highest BCUT2D eigenvalue weighted by atomic mass is 31.2. The summed E-state index contributed by atoms with van der Waals surface area (Å²) >= 11 is 0. The molecule has 1 fully saturated rings. The Morgan fingerprint density at radius 2 is 1.76 bits per heavy atom. The highest BCUT2D eigenvalue weighted by molar-refractivity contribution is 7.45. The number of allylic oxidation sites excluding steroid dienone is 1. The molecule has 1 saturated heterocycles. The van der Waals surface area contributed by atoms with E-state index in [1.165, 1.54) is 36.4 Å². The largest absolute Gasteiger partial charge is 0.462 e. The van der Waals surface area contributed by atoms with E-state index in [2.05, 4.69) is 10.4 Å². The van der Waals surface area contributed by atoms with Crippen LogP contribution in [0.2, 0.25) is 0 Å². The van der Waals surface area contributed by atoms with Gasteiger partial charge < -0.3 is 23.8 Å². The summed E-state index contributed by atoms with van der Waals surface area (Å²) in [6.07, 6.45) is 2.54. The topological polar surface area (TPSA) is 115 Å². The molecule has 2 amide bonds. The van der Waals surface area contributed by atoms with E-state index in [4.69, 9.17) is 18.5 Å². The van der Waals surface area contributed by atoms with E-state index in [1.807, 2.05) is 19.1 Å². The van der Waals surface area contributed by atoms with E-state index in [1.54, 1.807) is 45.0 Å². The van der Waals surface area contributed by atoms with E-state index >= 15 is 0 Å². The van der Waals surface area contributed by atoms with Gasteiger partial charge in [-0.25, -0.2) is 14.3 Å². The van der Waals surface area contributed by atoms with Gasteiger partial charge in [0.2, 0.25) is 0 Å². The number of hydrogen-bond donors (Lipinski definition) is 2. The van der Waals surface area contributed by atoms with Crippen molar-refractivity contribution in [3.05, 3.63) is 66.6 Å². The molecule has 0 bridgehead atoms. The molecule has 0 spiro atoms. The number of carbonyl (C=O) groups is 3. The lowest BCUT2D eigenvalue weighted by atomic mass is 10.1. The van der Waals surface area contributed by atoms with Crippen molar-refractivity contribution in [2.45, 2.75) is 58.6 Å². The molecule has 1 aliphatic rings. The van der Waals surface area contributed by atoms with Crippen LogP contribution in [0.5, 0.6) is 5.75 Å². The number of urea groups is 1. The molecule has 10 nitrogen and oxygen atoms in total. The predicted molar refractivity (Wildman–Crippen MR) is 153 cm³/mol. The Morgan fingerprint density at radius 3 is 2.34 bits per heavy atom. The van der Waals surface area contributed by atoms with Gasteiger partial charge in [0.15, 0.2) is 0 Å². The second-order valence-electron chi connectivity index (χ2n) is 9.81. The molecule has 1 heterocycles. The Bertz CT molecular complexity index is 1180. The van der Waals surface area contributed by atoms with Crippen LogP contribution >= 0.6 is 8.53 Å². The van der Waals surface area contributed by atoms with Gasteiger partial charge in [0.05, 0.1) is 18.8 Å². The highest BCUT2D eigenvalue weighted by Crippen LogP contribution is 2.39. The van der Waals surface area contributed by atoms with Crippen LogP contribution < -0.4 is 14.9 Å². The van der Waals surface area contributed by atoms with E-state index in [-0.39, 0.29) is 30.5 Å². The van der Waals surface area contributed by atoms with Crippen LogP contribution in [-0.2, 0) is 23.6 Å². The van der Waals surface area contributed by atoms with Crippen molar-refractivity contribution in [1.29, 1.82) is 0 Å². The summed E-state index contributed by atoms with van der Waals surface area (Å²) in [7, 11) is -0.322. The molecule has 0 aromatic heterocycles. The molecule has 5 atom stereocenters. The van der Waals surface area contributed by atoms with Gasteiger partial charge in [0.1, 0.15) is 30.1 Å². The molecule has 1 aliphatic heterocycles. The summed E-state index contributed by atoms with van der Waals surface area (Å²) < 4.78 is 36.9. The molecule has 2 N–H and O–H groups in total. The fourth-order valence-electron chi connectivity index (χ4n) is 4.12. The number of amides is 2. The number of halogens is 1. The number of aldehydes is 1. The number of benzene rings is 2. The van der Waals surface area contributed by atoms with E-state index in [0.717, 1.165) is 11.1 Å².